The van der Waals surface area contributed by atoms with Crippen LogP contribution in [0.1, 0.15) is 25.5 Å². The van der Waals surface area contributed by atoms with Crippen LogP contribution in [-0.4, -0.2) is 32.5 Å². The normalized spacial score (nSPS) is 10.5. The topological polar surface area (TPSA) is 122 Å². The Bertz CT molecular complexity index is 722. The van der Waals surface area contributed by atoms with E-state index in [4.69, 9.17) is 4.42 Å². The van der Waals surface area contributed by atoms with Crippen LogP contribution >= 0.6 is 11.8 Å². The van der Waals surface area contributed by atoms with E-state index >= 15 is 0 Å². The van der Waals surface area contributed by atoms with Crippen LogP contribution in [0.2, 0.25) is 0 Å². The quantitative estimate of drug-likeness (QED) is 0.611. The molecule has 0 fully saturated rings. The Kier molecular flexibility index (Phi) is 6.67. The molecule has 0 radical (unpaired) electrons. The lowest BCUT2D eigenvalue weighted by Crippen LogP contribution is -2.39. The lowest BCUT2D eigenvalue weighted by atomic mass is 10.3. The highest BCUT2D eigenvalue weighted by Gasteiger charge is 2.13. The second-order valence-electron chi connectivity index (χ2n) is 4.92. The Labute approximate surface area is 142 Å². The molecule has 3 N–H and O–H groups in total. The maximum atomic E-state index is 11.8. The molecule has 2 aromatic rings. The largest absolute Gasteiger partial charge is 0.467 e. The van der Waals surface area contributed by atoms with Gasteiger partial charge in [0.05, 0.1) is 18.6 Å². The first-order chi connectivity index (χ1) is 11.6. The monoisotopic (exact) mass is 353 g/mol. The molecule has 2 aromatic heterocycles. The summed E-state index contributed by atoms with van der Waals surface area (Å²) in [7, 11) is 0. The van der Waals surface area contributed by atoms with Crippen molar-refractivity contribution in [3.05, 3.63) is 34.6 Å². The number of nitrogens with one attached hydrogen (secondary N) is 3. The molecule has 10 heteroatoms. The third kappa shape index (κ3) is 5.30. The summed E-state index contributed by atoms with van der Waals surface area (Å²) >= 11 is 1.09. The Morgan fingerprint density at radius 3 is 3.00 bits per heavy atom. The number of hydrogen-bond acceptors (Lipinski definition) is 6. The first-order valence-corrected chi connectivity index (χ1v) is 8.46. The number of thioether (sulfide) groups is 1. The smallest absolute Gasteiger partial charge is 0.343 e. The highest BCUT2D eigenvalue weighted by atomic mass is 32.2. The first-order valence-electron chi connectivity index (χ1n) is 7.48. The molecule has 2 heterocycles. The van der Waals surface area contributed by atoms with E-state index in [0.717, 1.165) is 24.6 Å². The number of aromatic amines is 1. The molecule has 0 bridgehead atoms. The fourth-order valence-electron chi connectivity index (χ4n) is 1.84. The molecule has 0 unspecified atom stereocenters. The number of aromatic nitrogens is 3. The summed E-state index contributed by atoms with van der Waals surface area (Å²) in [5.74, 6) is 0.0859. The minimum atomic E-state index is -0.609. The van der Waals surface area contributed by atoms with Crippen LogP contribution in [0.25, 0.3) is 0 Å². The number of carbonyl (C=O) groups excluding carboxylic acids is 2. The van der Waals surface area contributed by atoms with Crippen LogP contribution in [0.5, 0.6) is 0 Å². The van der Waals surface area contributed by atoms with Gasteiger partial charge in [-0.1, -0.05) is 25.1 Å². The third-order valence-corrected chi connectivity index (χ3v) is 4.02. The third-order valence-electron chi connectivity index (χ3n) is 3.05. The summed E-state index contributed by atoms with van der Waals surface area (Å²) < 4.78 is 6.55. The molecule has 0 saturated heterocycles. The fourth-order valence-corrected chi connectivity index (χ4v) is 2.62. The van der Waals surface area contributed by atoms with Crippen molar-refractivity contribution >= 4 is 23.7 Å². The molecule has 0 aliphatic heterocycles. The van der Waals surface area contributed by atoms with Gasteiger partial charge in [0, 0.05) is 6.54 Å². The van der Waals surface area contributed by atoms with E-state index in [2.05, 4.69) is 20.8 Å². The summed E-state index contributed by atoms with van der Waals surface area (Å²) in [6.07, 6.45) is 3.28. The summed E-state index contributed by atoms with van der Waals surface area (Å²) in [4.78, 5) is 35.0. The first kappa shape index (κ1) is 17.9. The lowest BCUT2D eigenvalue weighted by Gasteiger charge is -2.06. The molecule has 3 amide bonds. The second kappa shape index (κ2) is 8.96. The van der Waals surface area contributed by atoms with E-state index in [1.165, 1.54) is 10.8 Å². The van der Waals surface area contributed by atoms with E-state index in [0.29, 0.717) is 17.5 Å². The number of nitrogens with zero attached hydrogens (tertiary/aromatic N) is 2. The molecular weight excluding hydrogens is 334 g/mol. The number of rotatable bonds is 8. The second-order valence-corrected chi connectivity index (χ2v) is 5.86. The average Bonchev–Trinajstić information content (AvgIpc) is 3.19. The number of H-pyrrole nitrogens is 1. The number of urea groups is 1. The minimum Gasteiger partial charge on any atom is -0.467 e. The van der Waals surface area contributed by atoms with Crippen molar-refractivity contribution in [3.8, 4) is 0 Å². The Hall–Kier alpha value is -2.49. The highest BCUT2D eigenvalue weighted by Crippen LogP contribution is 2.13. The Morgan fingerprint density at radius 2 is 2.29 bits per heavy atom. The minimum absolute atomic E-state index is 0.0232. The zero-order valence-electron chi connectivity index (χ0n) is 13.2. The SMILES string of the molecule is CCCCn1c(SCC(=O)NC(=O)NCc2ccco2)n[nH]c1=O. The zero-order chi connectivity index (χ0) is 17.4. The van der Waals surface area contributed by atoms with E-state index in [-0.39, 0.29) is 18.0 Å². The molecule has 9 nitrogen and oxygen atoms in total. The van der Waals surface area contributed by atoms with E-state index < -0.39 is 11.9 Å². The fraction of sp³-hybridized carbons (Fsp3) is 0.429. The van der Waals surface area contributed by atoms with Crippen molar-refractivity contribution in [2.45, 2.75) is 38.0 Å². The van der Waals surface area contributed by atoms with Gasteiger partial charge in [0.25, 0.3) is 0 Å². The Morgan fingerprint density at radius 1 is 1.46 bits per heavy atom. The standard InChI is InChI=1S/C14H19N5O4S/c1-2-3-6-19-13(22)17-18-14(19)24-9-11(20)16-12(21)15-8-10-5-4-7-23-10/h4-5,7H,2-3,6,8-9H2,1H3,(H,17,22)(H2,15,16,20,21). The highest BCUT2D eigenvalue weighted by molar-refractivity contribution is 7.99. The number of amides is 3. The molecular formula is C14H19N5O4S. The average molecular weight is 353 g/mol. The summed E-state index contributed by atoms with van der Waals surface area (Å²) in [5.41, 5.74) is -0.303. The maximum Gasteiger partial charge on any atom is 0.343 e. The van der Waals surface area contributed by atoms with Gasteiger partial charge in [-0.05, 0) is 18.6 Å². The van der Waals surface area contributed by atoms with Crippen molar-refractivity contribution < 1.29 is 14.0 Å². The van der Waals surface area contributed by atoms with Crippen LogP contribution in [0.3, 0.4) is 0 Å². The molecule has 0 spiro atoms. The summed E-state index contributed by atoms with van der Waals surface area (Å²) in [5, 5.41) is 11.4. The van der Waals surface area contributed by atoms with Gasteiger partial charge in [-0.3, -0.25) is 14.7 Å². The van der Waals surface area contributed by atoms with Gasteiger partial charge in [0.15, 0.2) is 5.16 Å². The van der Waals surface area contributed by atoms with Crippen LogP contribution in [0.15, 0.2) is 32.8 Å². The van der Waals surface area contributed by atoms with Gasteiger partial charge in [0.1, 0.15) is 5.76 Å². The summed E-state index contributed by atoms with van der Waals surface area (Å²) in [6.45, 7) is 2.75. The Balaban J connectivity index is 1.76. The predicted octanol–water partition coefficient (Wildman–Crippen LogP) is 1.08. The molecule has 0 aliphatic rings. The van der Waals surface area contributed by atoms with E-state index in [9.17, 15) is 14.4 Å². The molecule has 0 saturated carbocycles. The predicted molar refractivity (Wildman–Crippen MR) is 87.6 cm³/mol. The van der Waals surface area contributed by atoms with Gasteiger partial charge in [0.2, 0.25) is 5.91 Å². The molecule has 0 aliphatic carbocycles. The van der Waals surface area contributed by atoms with Gasteiger partial charge in [-0.15, -0.1) is 5.10 Å². The van der Waals surface area contributed by atoms with Gasteiger partial charge < -0.3 is 9.73 Å². The van der Waals surface area contributed by atoms with Crippen LogP contribution in [-0.2, 0) is 17.9 Å². The van der Waals surface area contributed by atoms with Crippen LogP contribution in [0, 0.1) is 0 Å². The van der Waals surface area contributed by atoms with Crippen molar-refractivity contribution in [1.29, 1.82) is 0 Å². The molecule has 0 atom stereocenters. The van der Waals surface area contributed by atoms with Crippen LogP contribution in [0.4, 0.5) is 4.79 Å². The number of carbonyl (C=O) groups is 2. The maximum absolute atomic E-state index is 11.8. The van der Waals surface area contributed by atoms with Gasteiger partial charge >= 0.3 is 11.7 Å². The lowest BCUT2D eigenvalue weighted by molar-refractivity contribution is -0.117. The number of furan rings is 1. The van der Waals surface area contributed by atoms with Crippen molar-refractivity contribution in [1.82, 2.24) is 25.4 Å². The van der Waals surface area contributed by atoms with E-state index in [1.807, 2.05) is 6.92 Å². The van der Waals surface area contributed by atoms with Crippen molar-refractivity contribution in [2.24, 2.45) is 0 Å². The molecule has 0 aromatic carbocycles. The van der Waals surface area contributed by atoms with Crippen molar-refractivity contribution in [3.63, 3.8) is 0 Å². The molecule has 130 valence electrons. The summed E-state index contributed by atoms with van der Waals surface area (Å²) in [6, 6.07) is 2.81. The van der Waals surface area contributed by atoms with E-state index in [1.54, 1.807) is 12.1 Å². The number of hydrogen-bond donors (Lipinski definition) is 3. The zero-order valence-corrected chi connectivity index (χ0v) is 14.0. The number of imide groups is 1. The van der Waals surface area contributed by atoms with Crippen LogP contribution < -0.4 is 16.3 Å². The van der Waals surface area contributed by atoms with Gasteiger partial charge in [-0.25, -0.2) is 14.7 Å². The molecule has 24 heavy (non-hydrogen) atoms. The number of unbranched alkanes of at least 4 members (excludes halogenated alkanes) is 1. The molecule has 2 rings (SSSR count). The van der Waals surface area contributed by atoms with Gasteiger partial charge in [-0.2, -0.15) is 0 Å². The van der Waals surface area contributed by atoms with Crippen molar-refractivity contribution in [2.75, 3.05) is 5.75 Å².